The van der Waals surface area contributed by atoms with Gasteiger partial charge in [0.15, 0.2) is 0 Å². The Labute approximate surface area is 179 Å². The van der Waals surface area contributed by atoms with Gasteiger partial charge in [-0.05, 0) is 73.4 Å². The molecule has 0 radical (unpaired) electrons. The highest BCUT2D eigenvalue weighted by Gasteiger charge is 2.25. The van der Waals surface area contributed by atoms with E-state index in [9.17, 15) is 13.2 Å². The molecule has 1 amide bonds. The van der Waals surface area contributed by atoms with Gasteiger partial charge in [0.05, 0.1) is 17.4 Å². The van der Waals surface area contributed by atoms with Crippen LogP contribution in [0.5, 0.6) is 0 Å². The van der Waals surface area contributed by atoms with E-state index in [0.717, 1.165) is 24.0 Å². The van der Waals surface area contributed by atoms with E-state index in [-0.39, 0.29) is 11.7 Å². The SMILES string of the molecule is Cc1ccc(CCCS(C)(=O)=O)cc1C(=O)N1CCC(c2ccc(C#N)cc2)CC1. The summed E-state index contributed by atoms with van der Waals surface area (Å²) < 4.78 is 22.7. The monoisotopic (exact) mass is 424 g/mol. The van der Waals surface area contributed by atoms with Crippen molar-refractivity contribution in [3.63, 3.8) is 0 Å². The van der Waals surface area contributed by atoms with E-state index in [2.05, 4.69) is 6.07 Å². The first-order valence-electron chi connectivity index (χ1n) is 10.3. The quantitative estimate of drug-likeness (QED) is 0.705. The molecule has 158 valence electrons. The average molecular weight is 425 g/mol. The largest absolute Gasteiger partial charge is 0.339 e. The number of rotatable bonds is 6. The summed E-state index contributed by atoms with van der Waals surface area (Å²) in [5.41, 5.74) is 4.55. The molecule has 30 heavy (non-hydrogen) atoms. The van der Waals surface area contributed by atoms with Crippen molar-refractivity contribution >= 4 is 15.7 Å². The molecule has 5 nitrogen and oxygen atoms in total. The second kappa shape index (κ2) is 9.44. The van der Waals surface area contributed by atoms with E-state index in [1.165, 1.54) is 11.8 Å². The van der Waals surface area contributed by atoms with Crippen molar-refractivity contribution in [3.8, 4) is 6.07 Å². The molecule has 0 bridgehead atoms. The number of sulfone groups is 1. The van der Waals surface area contributed by atoms with Crippen molar-refractivity contribution in [1.82, 2.24) is 4.90 Å². The van der Waals surface area contributed by atoms with Crippen molar-refractivity contribution in [2.75, 3.05) is 25.1 Å². The number of hydrogen-bond donors (Lipinski definition) is 0. The number of carbonyl (C=O) groups excluding carboxylic acids is 1. The summed E-state index contributed by atoms with van der Waals surface area (Å²) in [6.07, 6.45) is 4.27. The molecule has 6 heteroatoms. The van der Waals surface area contributed by atoms with E-state index < -0.39 is 9.84 Å². The lowest BCUT2D eigenvalue weighted by Crippen LogP contribution is -2.38. The highest BCUT2D eigenvalue weighted by atomic mass is 32.2. The predicted molar refractivity (Wildman–Crippen MR) is 118 cm³/mol. The molecule has 2 aromatic rings. The van der Waals surface area contributed by atoms with Gasteiger partial charge in [-0.2, -0.15) is 5.26 Å². The highest BCUT2D eigenvalue weighted by molar-refractivity contribution is 7.90. The van der Waals surface area contributed by atoms with Crippen LogP contribution in [0.4, 0.5) is 0 Å². The second-order valence-corrected chi connectivity index (χ2v) is 10.4. The minimum Gasteiger partial charge on any atom is -0.339 e. The predicted octanol–water partition coefficient (Wildman–Crippen LogP) is 3.86. The zero-order valence-electron chi connectivity index (χ0n) is 17.6. The topological polar surface area (TPSA) is 78.2 Å². The molecular formula is C24H28N2O3S. The number of carbonyl (C=O) groups is 1. The van der Waals surface area contributed by atoms with Gasteiger partial charge in [0.1, 0.15) is 9.84 Å². The first-order chi connectivity index (χ1) is 14.3. The van der Waals surface area contributed by atoms with E-state index in [1.54, 1.807) is 0 Å². The second-order valence-electron chi connectivity index (χ2n) is 8.18. The fourth-order valence-corrected chi connectivity index (χ4v) is 4.68. The standard InChI is InChI=1S/C24H28N2O3S/c1-18-5-6-19(4-3-15-30(2,28)29)16-23(18)24(27)26-13-11-22(12-14-26)21-9-7-20(17-25)8-10-21/h5-10,16,22H,3-4,11-15H2,1-2H3. The smallest absolute Gasteiger partial charge is 0.254 e. The van der Waals surface area contributed by atoms with Crippen molar-refractivity contribution in [3.05, 3.63) is 70.3 Å². The Bertz CT molecular complexity index is 1040. The third kappa shape index (κ3) is 5.70. The molecule has 0 spiro atoms. The lowest BCUT2D eigenvalue weighted by atomic mass is 9.88. The molecule has 1 aliphatic heterocycles. The fraction of sp³-hybridized carbons (Fsp3) is 0.417. The van der Waals surface area contributed by atoms with E-state index in [0.29, 0.717) is 43.0 Å². The van der Waals surface area contributed by atoms with Gasteiger partial charge in [0.25, 0.3) is 5.91 Å². The van der Waals surface area contributed by atoms with E-state index >= 15 is 0 Å². The summed E-state index contributed by atoms with van der Waals surface area (Å²) in [6.45, 7) is 3.36. The summed E-state index contributed by atoms with van der Waals surface area (Å²) in [7, 11) is -2.97. The molecule has 1 saturated heterocycles. The molecule has 0 unspecified atom stereocenters. The minimum atomic E-state index is -2.97. The number of benzene rings is 2. The molecule has 0 aromatic heterocycles. The molecule has 0 atom stereocenters. The van der Waals surface area contributed by atoms with Gasteiger partial charge in [-0.3, -0.25) is 4.79 Å². The Morgan fingerprint density at radius 3 is 2.40 bits per heavy atom. The molecule has 0 aliphatic carbocycles. The Morgan fingerprint density at radius 1 is 1.13 bits per heavy atom. The normalized spacial score (nSPS) is 15.0. The Balaban J connectivity index is 1.62. The zero-order valence-corrected chi connectivity index (χ0v) is 18.4. The number of hydrogen-bond acceptors (Lipinski definition) is 4. The van der Waals surface area contributed by atoms with Crippen LogP contribution in [0.1, 0.15) is 57.8 Å². The van der Waals surface area contributed by atoms with Gasteiger partial charge in [-0.15, -0.1) is 0 Å². The summed E-state index contributed by atoms with van der Waals surface area (Å²) in [5, 5.41) is 8.95. The number of amides is 1. The van der Waals surface area contributed by atoms with Crippen molar-refractivity contribution in [2.24, 2.45) is 0 Å². The fourth-order valence-electron chi connectivity index (χ4n) is 4.01. The maximum Gasteiger partial charge on any atom is 0.254 e. The van der Waals surface area contributed by atoms with E-state index in [4.69, 9.17) is 5.26 Å². The molecule has 2 aromatic carbocycles. The summed E-state index contributed by atoms with van der Waals surface area (Å²) in [6, 6.07) is 15.7. The Hall–Kier alpha value is -2.65. The van der Waals surface area contributed by atoms with Gasteiger partial charge in [-0.25, -0.2) is 8.42 Å². The molecule has 0 saturated carbocycles. The number of piperidine rings is 1. The number of likely N-dealkylation sites (tertiary alicyclic amines) is 1. The van der Waals surface area contributed by atoms with Crippen LogP contribution in [0, 0.1) is 18.3 Å². The zero-order chi connectivity index (χ0) is 21.7. The molecule has 1 heterocycles. The molecular weight excluding hydrogens is 396 g/mol. The molecule has 0 N–H and O–H groups in total. The van der Waals surface area contributed by atoms with Gasteiger partial charge in [-0.1, -0.05) is 24.3 Å². The first-order valence-corrected chi connectivity index (χ1v) is 12.4. The van der Waals surface area contributed by atoms with Crippen LogP contribution in [-0.2, 0) is 16.3 Å². The molecule has 1 aliphatic rings. The number of nitrogens with zero attached hydrogens (tertiary/aromatic N) is 2. The molecule has 1 fully saturated rings. The van der Waals surface area contributed by atoms with Crippen LogP contribution < -0.4 is 0 Å². The van der Waals surface area contributed by atoms with Crippen molar-refractivity contribution < 1.29 is 13.2 Å². The highest BCUT2D eigenvalue weighted by Crippen LogP contribution is 2.29. The Kier molecular flexibility index (Phi) is 6.94. The van der Waals surface area contributed by atoms with Crippen molar-refractivity contribution in [1.29, 1.82) is 5.26 Å². The van der Waals surface area contributed by atoms with Crippen LogP contribution in [0.15, 0.2) is 42.5 Å². The van der Waals surface area contributed by atoms with Gasteiger partial charge >= 0.3 is 0 Å². The number of nitriles is 1. The van der Waals surface area contributed by atoms with Crippen LogP contribution in [0.2, 0.25) is 0 Å². The van der Waals surface area contributed by atoms with E-state index in [1.807, 2.05) is 54.3 Å². The maximum atomic E-state index is 13.1. The lowest BCUT2D eigenvalue weighted by Gasteiger charge is -2.32. The van der Waals surface area contributed by atoms with Crippen LogP contribution in [0.25, 0.3) is 0 Å². The van der Waals surface area contributed by atoms with Gasteiger partial charge in [0, 0.05) is 24.9 Å². The third-order valence-corrected chi connectivity index (χ3v) is 6.84. The summed E-state index contributed by atoms with van der Waals surface area (Å²) >= 11 is 0. The van der Waals surface area contributed by atoms with Gasteiger partial charge < -0.3 is 4.90 Å². The van der Waals surface area contributed by atoms with Crippen molar-refractivity contribution in [2.45, 2.75) is 38.5 Å². The summed E-state index contributed by atoms with van der Waals surface area (Å²) in [4.78, 5) is 15.0. The minimum absolute atomic E-state index is 0.0516. The van der Waals surface area contributed by atoms with Gasteiger partial charge in [0.2, 0.25) is 0 Å². The Morgan fingerprint density at radius 2 is 1.80 bits per heavy atom. The number of aryl methyl sites for hydroxylation is 2. The molecule has 3 rings (SSSR count). The maximum absolute atomic E-state index is 13.1. The van der Waals surface area contributed by atoms with Crippen LogP contribution in [0.3, 0.4) is 0 Å². The third-order valence-electron chi connectivity index (χ3n) is 5.81. The first kappa shape index (κ1) is 22.0. The van der Waals surface area contributed by atoms with Crippen LogP contribution >= 0.6 is 0 Å². The lowest BCUT2D eigenvalue weighted by molar-refractivity contribution is 0.0712. The summed E-state index contributed by atoms with van der Waals surface area (Å²) in [5.74, 6) is 0.619. The average Bonchev–Trinajstić information content (AvgIpc) is 2.74. The van der Waals surface area contributed by atoms with Crippen LogP contribution in [-0.4, -0.2) is 44.3 Å².